The number of hydrogen-bond acceptors (Lipinski definition) is 3. The van der Waals surface area contributed by atoms with Crippen molar-refractivity contribution in [1.29, 1.82) is 5.26 Å². The maximum atomic E-state index is 8.85. The molecule has 1 heterocycles. The largest absolute Gasteiger partial charge is 0.287 e. The van der Waals surface area contributed by atoms with Crippen LogP contribution in [0.15, 0.2) is 64.4 Å². The molecule has 0 aliphatic carbocycles. The van der Waals surface area contributed by atoms with E-state index in [0.29, 0.717) is 10.8 Å². The summed E-state index contributed by atoms with van der Waals surface area (Å²) >= 11 is 10.9. The lowest BCUT2D eigenvalue weighted by Crippen LogP contribution is -1.99. The second kappa shape index (κ2) is 7.22. The molecule has 0 amide bonds. The third kappa shape index (κ3) is 3.61. The van der Waals surface area contributed by atoms with Crippen molar-refractivity contribution in [2.75, 3.05) is 5.75 Å². The van der Waals surface area contributed by atoms with E-state index in [-0.39, 0.29) is 0 Å². The van der Waals surface area contributed by atoms with Crippen LogP contribution < -0.4 is 0 Å². The fraction of sp³-hybridized carbons (Fsp3) is 0.0588. The van der Waals surface area contributed by atoms with Crippen molar-refractivity contribution in [3.05, 3.63) is 64.2 Å². The first-order chi connectivity index (χ1) is 11.2. The van der Waals surface area contributed by atoms with E-state index in [0.717, 1.165) is 26.6 Å². The van der Waals surface area contributed by atoms with E-state index in [1.165, 1.54) is 11.8 Å². The summed E-state index contributed by atoms with van der Waals surface area (Å²) in [5.41, 5.74) is 2.99. The number of benzene rings is 2. The Kier molecular flexibility index (Phi) is 5.06. The van der Waals surface area contributed by atoms with Gasteiger partial charge in [0, 0.05) is 20.7 Å². The predicted molar refractivity (Wildman–Crippen MR) is 98.0 cm³/mol. The van der Waals surface area contributed by atoms with Crippen LogP contribution in [0.3, 0.4) is 0 Å². The van der Waals surface area contributed by atoms with E-state index in [4.69, 9.17) is 16.9 Å². The molecule has 23 heavy (non-hydrogen) atoms. The Morgan fingerprint density at radius 2 is 1.83 bits per heavy atom. The molecule has 0 aliphatic rings. The molecular formula is C17H11BrClN3S. The maximum Gasteiger partial charge on any atom is 0.174 e. The molecule has 2 aromatic carbocycles. The first-order valence-electron chi connectivity index (χ1n) is 6.78. The average Bonchev–Trinajstić information content (AvgIpc) is 2.98. The molecule has 0 atom stereocenters. The van der Waals surface area contributed by atoms with Gasteiger partial charge in [0.15, 0.2) is 5.16 Å². The van der Waals surface area contributed by atoms with Gasteiger partial charge < -0.3 is 0 Å². The molecule has 0 radical (unpaired) electrons. The lowest BCUT2D eigenvalue weighted by molar-refractivity contribution is 0.902. The summed E-state index contributed by atoms with van der Waals surface area (Å²) in [6, 6.07) is 17.8. The molecule has 0 saturated carbocycles. The van der Waals surface area contributed by atoms with E-state index in [9.17, 15) is 0 Å². The van der Waals surface area contributed by atoms with Gasteiger partial charge in [0.2, 0.25) is 0 Å². The summed E-state index contributed by atoms with van der Waals surface area (Å²) < 4.78 is 3.07. The third-order valence-corrected chi connectivity index (χ3v) is 4.82. The van der Waals surface area contributed by atoms with Gasteiger partial charge in [-0.3, -0.25) is 4.57 Å². The Hall–Kier alpha value is -1.74. The van der Waals surface area contributed by atoms with E-state index < -0.39 is 0 Å². The molecule has 3 aromatic rings. The first kappa shape index (κ1) is 16.1. The zero-order valence-corrected chi connectivity index (χ0v) is 15.1. The van der Waals surface area contributed by atoms with Crippen LogP contribution in [-0.4, -0.2) is 15.3 Å². The van der Waals surface area contributed by atoms with Crippen molar-refractivity contribution in [2.45, 2.75) is 5.16 Å². The van der Waals surface area contributed by atoms with Crippen molar-refractivity contribution in [2.24, 2.45) is 0 Å². The van der Waals surface area contributed by atoms with Gasteiger partial charge in [0.1, 0.15) is 0 Å². The second-order valence-corrected chi connectivity index (χ2v) is 6.99. The van der Waals surface area contributed by atoms with E-state index in [2.05, 4.69) is 27.0 Å². The van der Waals surface area contributed by atoms with Gasteiger partial charge in [-0.15, -0.1) is 0 Å². The zero-order valence-electron chi connectivity index (χ0n) is 11.9. The molecule has 6 heteroatoms. The van der Waals surface area contributed by atoms with E-state index in [1.807, 2.05) is 59.3 Å². The summed E-state index contributed by atoms with van der Waals surface area (Å²) in [7, 11) is 0. The minimum Gasteiger partial charge on any atom is -0.287 e. The molecule has 1 aromatic heterocycles. The Morgan fingerprint density at radius 3 is 2.48 bits per heavy atom. The standard InChI is InChI=1S/C17H11BrClN3S/c18-13-3-1-12(2-4-13)16-11-21-17(23-10-9-20)22(16)15-7-5-14(19)6-8-15/h1-8,11H,10H2. The monoisotopic (exact) mass is 403 g/mol. The zero-order chi connectivity index (χ0) is 16.2. The number of rotatable bonds is 4. The molecule has 114 valence electrons. The molecule has 0 aliphatic heterocycles. The van der Waals surface area contributed by atoms with Crippen LogP contribution in [0.1, 0.15) is 0 Å². The number of aromatic nitrogens is 2. The van der Waals surface area contributed by atoms with Crippen LogP contribution in [0.25, 0.3) is 16.9 Å². The molecule has 0 saturated heterocycles. The average molecular weight is 405 g/mol. The van der Waals surface area contributed by atoms with Crippen LogP contribution in [0.2, 0.25) is 5.02 Å². The minimum atomic E-state index is 0.352. The molecular weight excluding hydrogens is 394 g/mol. The van der Waals surface area contributed by atoms with E-state index in [1.54, 1.807) is 0 Å². The lowest BCUT2D eigenvalue weighted by atomic mass is 10.1. The Labute approximate surface area is 152 Å². The van der Waals surface area contributed by atoms with Crippen molar-refractivity contribution < 1.29 is 0 Å². The predicted octanol–water partition coefficient (Wildman–Crippen LogP) is 5.57. The molecule has 0 fully saturated rings. The summed E-state index contributed by atoms with van der Waals surface area (Å²) in [6.07, 6.45) is 1.83. The normalized spacial score (nSPS) is 10.5. The third-order valence-electron chi connectivity index (χ3n) is 3.22. The molecule has 0 bridgehead atoms. The van der Waals surface area contributed by atoms with E-state index >= 15 is 0 Å². The molecule has 3 rings (SSSR count). The van der Waals surface area contributed by atoms with Crippen LogP contribution in [0.5, 0.6) is 0 Å². The number of thioether (sulfide) groups is 1. The van der Waals surface area contributed by atoms with Crippen molar-refractivity contribution in [3.63, 3.8) is 0 Å². The van der Waals surface area contributed by atoms with Crippen LogP contribution in [-0.2, 0) is 0 Å². The molecule has 3 nitrogen and oxygen atoms in total. The van der Waals surface area contributed by atoms with Gasteiger partial charge >= 0.3 is 0 Å². The highest BCUT2D eigenvalue weighted by Crippen LogP contribution is 2.30. The number of imidazole rings is 1. The van der Waals surface area contributed by atoms with Crippen molar-refractivity contribution in [1.82, 2.24) is 9.55 Å². The highest BCUT2D eigenvalue weighted by Gasteiger charge is 2.14. The van der Waals surface area contributed by atoms with Crippen molar-refractivity contribution in [3.8, 4) is 23.0 Å². The van der Waals surface area contributed by atoms with Crippen LogP contribution in [0, 0.1) is 11.3 Å². The van der Waals surface area contributed by atoms with Crippen LogP contribution in [0.4, 0.5) is 0 Å². The first-order valence-corrected chi connectivity index (χ1v) is 8.94. The summed E-state index contributed by atoms with van der Waals surface area (Å²) in [5, 5.41) is 10.3. The Morgan fingerprint density at radius 1 is 1.13 bits per heavy atom. The lowest BCUT2D eigenvalue weighted by Gasteiger charge is -2.11. The van der Waals surface area contributed by atoms with Crippen molar-refractivity contribution >= 4 is 39.3 Å². The SMILES string of the molecule is N#CCSc1ncc(-c2ccc(Br)cc2)n1-c1ccc(Cl)cc1. The number of halogens is 2. The summed E-state index contributed by atoms with van der Waals surface area (Å²) in [6.45, 7) is 0. The Bertz CT molecular complexity index is 851. The second-order valence-electron chi connectivity index (χ2n) is 4.69. The highest BCUT2D eigenvalue weighted by atomic mass is 79.9. The summed E-state index contributed by atoms with van der Waals surface area (Å²) in [5.74, 6) is 0.352. The Balaban J connectivity index is 2.12. The van der Waals surface area contributed by atoms with Gasteiger partial charge in [-0.1, -0.05) is 51.4 Å². The van der Waals surface area contributed by atoms with Gasteiger partial charge in [-0.25, -0.2) is 4.98 Å². The topological polar surface area (TPSA) is 41.6 Å². The number of nitriles is 1. The van der Waals surface area contributed by atoms with Gasteiger partial charge in [0.25, 0.3) is 0 Å². The molecule has 0 N–H and O–H groups in total. The van der Waals surface area contributed by atoms with Gasteiger partial charge in [-0.2, -0.15) is 5.26 Å². The smallest absolute Gasteiger partial charge is 0.174 e. The molecule has 0 spiro atoms. The fourth-order valence-corrected chi connectivity index (χ4v) is 3.24. The molecule has 0 unspecified atom stereocenters. The minimum absolute atomic E-state index is 0.352. The number of hydrogen-bond donors (Lipinski definition) is 0. The van der Waals surface area contributed by atoms with Gasteiger partial charge in [-0.05, 0) is 36.4 Å². The van der Waals surface area contributed by atoms with Gasteiger partial charge in [0.05, 0.1) is 23.7 Å². The quantitative estimate of drug-likeness (QED) is 0.534. The highest BCUT2D eigenvalue weighted by molar-refractivity contribution is 9.10. The number of nitrogens with zero attached hydrogens (tertiary/aromatic N) is 3. The maximum absolute atomic E-state index is 8.85. The van der Waals surface area contributed by atoms with Crippen LogP contribution >= 0.6 is 39.3 Å². The fourth-order valence-electron chi connectivity index (χ4n) is 2.20. The summed E-state index contributed by atoms with van der Waals surface area (Å²) in [4.78, 5) is 4.48.